The molecule has 0 unspecified atom stereocenters. The molecule has 2 rings (SSSR count). The van der Waals surface area contributed by atoms with Gasteiger partial charge in [-0.05, 0) is 44.5 Å². The molecule has 0 aromatic heterocycles. The smallest absolute Gasteiger partial charge is 0.251 e. The third-order valence-electron chi connectivity index (χ3n) is 4.51. The van der Waals surface area contributed by atoms with E-state index in [1.807, 2.05) is 13.8 Å². The lowest BCUT2D eigenvalue weighted by atomic mass is 10.2. The highest BCUT2D eigenvalue weighted by Crippen LogP contribution is 2.27. The van der Waals surface area contributed by atoms with Gasteiger partial charge in [0.25, 0.3) is 5.91 Å². The maximum Gasteiger partial charge on any atom is 0.251 e. The van der Waals surface area contributed by atoms with Crippen LogP contribution in [0, 0.1) is 0 Å². The number of amides is 1. The molecule has 1 saturated carbocycles. The Kier molecular flexibility index (Phi) is 9.52. The molecule has 1 aliphatic rings. The topological polar surface area (TPSA) is 96.5 Å². The Labute approximate surface area is 168 Å². The number of hydrogen-bond donors (Lipinski definition) is 3. The predicted molar refractivity (Wildman–Crippen MR) is 108 cm³/mol. The van der Waals surface area contributed by atoms with Gasteiger partial charge in [0.2, 0.25) is 10.0 Å². The zero-order valence-electron chi connectivity index (χ0n) is 16.1. The molecule has 0 radical (unpaired) electrons. The van der Waals surface area contributed by atoms with Gasteiger partial charge in [0.1, 0.15) is 10.6 Å². The van der Waals surface area contributed by atoms with Crippen LogP contribution in [0.5, 0.6) is 5.75 Å². The molecule has 3 N–H and O–H groups in total. The van der Waals surface area contributed by atoms with Crippen LogP contribution >= 0.6 is 12.4 Å². The number of methoxy groups -OCH3 is 1. The number of likely N-dealkylation sites (N-methyl/N-ethyl adjacent to an activating group) is 1. The zero-order chi connectivity index (χ0) is 19.2. The van der Waals surface area contributed by atoms with Gasteiger partial charge in [-0.15, -0.1) is 12.4 Å². The van der Waals surface area contributed by atoms with E-state index in [0.29, 0.717) is 12.1 Å². The average Bonchev–Trinajstić information content (AvgIpc) is 3.11. The van der Waals surface area contributed by atoms with Gasteiger partial charge in [0, 0.05) is 24.2 Å². The molecule has 0 heterocycles. The molecular formula is C18H30ClN3O4S. The predicted octanol–water partition coefficient (Wildman–Crippen LogP) is 2.07. The van der Waals surface area contributed by atoms with E-state index < -0.39 is 10.0 Å². The van der Waals surface area contributed by atoms with Crippen molar-refractivity contribution < 1.29 is 17.9 Å². The highest BCUT2D eigenvalue weighted by Gasteiger charge is 2.26. The number of carbonyl (C=O) groups is 1. The van der Waals surface area contributed by atoms with E-state index >= 15 is 0 Å². The molecule has 1 amide bonds. The first-order valence-electron chi connectivity index (χ1n) is 9.09. The van der Waals surface area contributed by atoms with E-state index in [1.165, 1.54) is 19.2 Å². The number of hydrogen-bond acceptors (Lipinski definition) is 5. The summed E-state index contributed by atoms with van der Waals surface area (Å²) in [5.74, 6) is -0.0808. The molecule has 154 valence electrons. The Bertz CT molecular complexity index is 721. The summed E-state index contributed by atoms with van der Waals surface area (Å²) in [6.07, 6.45) is 3.72. The van der Waals surface area contributed by atoms with Gasteiger partial charge in [-0.1, -0.05) is 19.8 Å². The Hall–Kier alpha value is -1.35. The van der Waals surface area contributed by atoms with Gasteiger partial charge in [-0.25, -0.2) is 13.1 Å². The average molecular weight is 420 g/mol. The van der Waals surface area contributed by atoms with Gasteiger partial charge in [0.05, 0.1) is 7.11 Å². The number of sulfonamides is 1. The largest absolute Gasteiger partial charge is 0.495 e. The summed E-state index contributed by atoms with van der Waals surface area (Å²) in [6, 6.07) is 4.55. The maximum atomic E-state index is 12.8. The number of ether oxygens (including phenoxy) is 1. The van der Waals surface area contributed by atoms with Crippen molar-refractivity contribution in [3.8, 4) is 5.75 Å². The van der Waals surface area contributed by atoms with E-state index in [4.69, 9.17) is 4.74 Å². The summed E-state index contributed by atoms with van der Waals surface area (Å²) in [7, 11) is -2.33. The van der Waals surface area contributed by atoms with Crippen molar-refractivity contribution in [2.75, 3.05) is 20.2 Å². The van der Waals surface area contributed by atoms with Crippen molar-refractivity contribution >= 4 is 28.3 Å². The van der Waals surface area contributed by atoms with Crippen LogP contribution < -0.4 is 20.1 Å². The minimum atomic E-state index is -3.75. The monoisotopic (exact) mass is 419 g/mol. The molecule has 0 bridgehead atoms. The van der Waals surface area contributed by atoms with Crippen molar-refractivity contribution in [1.82, 2.24) is 15.4 Å². The molecule has 1 atom stereocenters. The number of rotatable bonds is 9. The standard InChI is InChI=1S/C18H29N3O4S.ClH/c1-4-19-13(2)12-20-18(22)14-9-10-16(25-3)17(11-14)26(23,24)21-15-7-5-6-8-15;/h9-11,13,15,19,21H,4-8,12H2,1-3H3,(H,20,22);1H/t13-;/m1./s1. The van der Waals surface area contributed by atoms with Crippen LogP contribution in [0.1, 0.15) is 49.9 Å². The zero-order valence-corrected chi connectivity index (χ0v) is 17.7. The Morgan fingerprint density at radius 2 is 1.96 bits per heavy atom. The lowest BCUT2D eigenvalue weighted by Crippen LogP contribution is -2.39. The number of halogens is 1. The first-order valence-corrected chi connectivity index (χ1v) is 10.6. The highest BCUT2D eigenvalue weighted by atomic mass is 35.5. The molecule has 1 aromatic carbocycles. The van der Waals surface area contributed by atoms with E-state index in [-0.39, 0.29) is 41.0 Å². The molecule has 0 spiro atoms. The van der Waals surface area contributed by atoms with Gasteiger partial charge < -0.3 is 15.4 Å². The van der Waals surface area contributed by atoms with Crippen LogP contribution in [0.3, 0.4) is 0 Å². The van der Waals surface area contributed by atoms with Gasteiger partial charge in [-0.3, -0.25) is 4.79 Å². The summed E-state index contributed by atoms with van der Waals surface area (Å²) in [5, 5.41) is 6.02. The van der Waals surface area contributed by atoms with E-state index in [1.54, 1.807) is 6.07 Å². The van der Waals surface area contributed by atoms with Crippen LogP contribution in [0.25, 0.3) is 0 Å². The Morgan fingerprint density at radius 1 is 1.30 bits per heavy atom. The SMILES string of the molecule is CCN[C@H](C)CNC(=O)c1ccc(OC)c(S(=O)(=O)NC2CCCC2)c1.Cl. The second-order valence-corrected chi connectivity index (χ2v) is 8.32. The van der Waals surface area contributed by atoms with Crippen LogP contribution in [-0.2, 0) is 10.0 Å². The molecule has 0 aliphatic heterocycles. The lowest BCUT2D eigenvalue weighted by molar-refractivity contribution is 0.0950. The number of benzene rings is 1. The fourth-order valence-electron chi connectivity index (χ4n) is 3.12. The third-order valence-corrected chi connectivity index (χ3v) is 6.06. The quantitative estimate of drug-likeness (QED) is 0.569. The van der Waals surface area contributed by atoms with Crippen LogP contribution in [0.2, 0.25) is 0 Å². The molecule has 1 fully saturated rings. The molecule has 0 saturated heterocycles. The minimum absolute atomic E-state index is 0. The van der Waals surface area contributed by atoms with E-state index in [9.17, 15) is 13.2 Å². The van der Waals surface area contributed by atoms with Crippen LogP contribution in [0.15, 0.2) is 23.1 Å². The van der Waals surface area contributed by atoms with Crippen LogP contribution in [0.4, 0.5) is 0 Å². The summed E-state index contributed by atoms with van der Waals surface area (Å²) in [5.41, 5.74) is 0.293. The van der Waals surface area contributed by atoms with Crippen molar-refractivity contribution in [2.24, 2.45) is 0 Å². The lowest BCUT2D eigenvalue weighted by Gasteiger charge is -2.16. The fraction of sp³-hybridized carbons (Fsp3) is 0.611. The highest BCUT2D eigenvalue weighted by molar-refractivity contribution is 7.89. The molecular weight excluding hydrogens is 390 g/mol. The van der Waals surface area contributed by atoms with Crippen molar-refractivity contribution in [2.45, 2.75) is 56.5 Å². The summed E-state index contributed by atoms with van der Waals surface area (Å²) >= 11 is 0. The second-order valence-electron chi connectivity index (χ2n) is 6.64. The van der Waals surface area contributed by atoms with Crippen LogP contribution in [-0.4, -0.2) is 46.6 Å². The van der Waals surface area contributed by atoms with Gasteiger partial charge in [-0.2, -0.15) is 0 Å². The maximum absolute atomic E-state index is 12.8. The first-order chi connectivity index (χ1) is 12.4. The summed E-state index contributed by atoms with van der Waals surface area (Å²) in [4.78, 5) is 12.4. The Balaban J connectivity index is 0.00000364. The summed E-state index contributed by atoms with van der Waals surface area (Å²) < 4.78 is 33.5. The molecule has 9 heteroatoms. The van der Waals surface area contributed by atoms with Crippen molar-refractivity contribution in [3.05, 3.63) is 23.8 Å². The normalized spacial score (nSPS) is 15.8. The van der Waals surface area contributed by atoms with Crippen molar-refractivity contribution in [3.63, 3.8) is 0 Å². The van der Waals surface area contributed by atoms with Gasteiger partial charge in [0.15, 0.2) is 0 Å². The van der Waals surface area contributed by atoms with E-state index in [0.717, 1.165) is 32.2 Å². The molecule has 7 nitrogen and oxygen atoms in total. The molecule has 27 heavy (non-hydrogen) atoms. The third kappa shape index (κ3) is 6.64. The summed E-state index contributed by atoms with van der Waals surface area (Å²) in [6.45, 7) is 5.24. The minimum Gasteiger partial charge on any atom is -0.495 e. The number of nitrogens with one attached hydrogen (secondary N) is 3. The number of carbonyl (C=O) groups excluding carboxylic acids is 1. The second kappa shape index (κ2) is 10.8. The first kappa shape index (κ1) is 23.7. The molecule has 1 aliphatic carbocycles. The molecule has 1 aromatic rings. The van der Waals surface area contributed by atoms with E-state index in [2.05, 4.69) is 15.4 Å². The Morgan fingerprint density at radius 3 is 2.56 bits per heavy atom. The van der Waals surface area contributed by atoms with Gasteiger partial charge >= 0.3 is 0 Å². The van der Waals surface area contributed by atoms with Crippen molar-refractivity contribution in [1.29, 1.82) is 0 Å². The fourth-order valence-corrected chi connectivity index (χ4v) is 4.62.